The van der Waals surface area contributed by atoms with Gasteiger partial charge in [-0.25, -0.2) is 14.6 Å². The molecule has 0 radical (unpaired) electrons. The Labute approximate surface area is 140 Å². The van der Waals surface area contributed by atoms with Crippen LogP contribution in [0, 0.1) is 18.3 Å². The van der Waals surface area contributed by atoms with Gasteiger partial charge < -0.3 is 0 Å². The van der Waals surface area contributed by atoms with E-state index in [0.29, 0.717) is 16.0 Å². The largest absolute Gasteiger partial charge is 0.296 e. The molecule has 6 nitrogen and oxygen atoms in total. The van der Waals surface area contributed by atoms with Gasteiger partial charge in [0.15, 0.2) is 0 Å². The number of nitriles is 1. The summed E-state index contributed by atoms with van der Waals surface area (Å²) in [7, 11) is 0. The molecule has 0 aliphatic carbocycles. The second-order valence-electron chi connectivity index (χ2n) is 4.80. The van der Waals surface area contributed by atoms with Gasteiger partial charge in [0, 0.05) is 22.2 Å². The molecule has 3 aromatic rings. The van der Waals surface area contributed by atoms with E-state index in [1.54, 1.807) is 0 Å². The molecule has 0 aliphatic heterocycles. The second-order valence-corrected chi connectivity index (χ2v) is 6.77. The maximum absolute atomic E-state index is 12.4. The number of hydrogen-bond donors (Lipinski definition) is 1. The molecule has 0 unspecified atom stereocenters. The minimum Gasteiger partial charge on any atom is -0.296 e. The molecule has 0 bridgehead atoms. The zero-order valence-corrected chi connectivity index (χ0v) is 14.2. The molecule has 23 heavy (non-hydrogen) atoms. The lowest BCUT2D eigenvalue weighted by Crippen LogP contribution is -2.25. The third-order valence-electron chi connectivity index (χ3n) is 3.17. The predicted octanol–water partition coefficient (Wildman–Crippen LogP) is 2.89. The number of allylic oxidation sites excluding steroid dienone is 1. The number of nitrogens with one attached hydrogen (secondary N) is 1. The van der Waals surface area contributed by atoms with Crippen molar-refractivity contribution in [2.24, 2.45) is 0 Å². The normalized spacial score (nSPS) is 11.6. The molecule has 3 rings (SSSR count). The van der Waals surface area contributed by atoms with Crippen molar-refractivity contribution in [3.8, 4) is 6.07 Å². The van der Waals surface area contributed by atoms with Gasteiger partial charge in [0.25, 0.3) is 5.56 Å². The predicted molar refractivity (Wildman–Crippen MR) is 93.1 cm³/mol. The average molecular weight is 343 g/mol. The van der Waals surface area contributed by atoms with Gasteiger partial charge in [-0.15, -0.1) is 22.7 Å². The maximum atomic E-state index is 12.4. The third kappa shape index (κ3) is 3.02. The van der Waals surface area contributed by atoms with Gasteiger partial charge in [0.05, 0.1) is 5.39 Å². The van der Waals surface area contributed by atoms with E-state index < -0.39 is 0 Å². The van der Waals surface area contributed by atoms with Crippen LogP contribution in [-0.4, -0.2) is 14.6 Å². The molecule has 3 heterocycles. The van der Waals surface area contributed by atoms with Crippen molar-refractivity contribution in [3.63, 3.8) is 0 Å². The zero-order chi connectivity index (χ0) is 16.4. The number of aromatic nitrogens is 3. The summed E-state index contributed by atoms with van der Waals surface area (Å²) in [6, 6.07) is 3.95. The van der Waals surface area contributed by atoms with Crippen molar-refractivity contribution in [2.75, 3.05) is 5.43 Å². The summed E-state index contributed by atoms with van der Waals surface area (Å²) in [4.78, 5) is 22.8. The van der Waals surface area contributed by atoms with Crippen LogP contribution in [0.25, 0.3) is 15.8 Å². The molecule has 0 fully saturated rings. The minimum absolute atomic E-state index is 0.185. The molecule has 0 spiro atoms. The fourth-order valence-corrected chi connectivity index (χ4v) is 3.68. The van der Waals surface area contributed by atoms with Crippen molar-refractivity contribution in [1.82, 2.24) is 14.6 Å². The highest BCUT2D eigenvalue weighted by atomic mass is 32.1. The van der Waals surface area contributed by atoms with Gasteiger partial charge in [-0.2, -0.15) is 5.26 Å². The lowest BCUT2D eigenvalue weighted by molar-refractivity contribution is 0.878. The molecular formula is C15H13N5OS2. The summed E-state index contributed by atoms with van der Waals surface area (Å²) in [6.45, 7) is 3.91. The highest BCUT2D eigenvalue weighted by Gasteiger charge is 2.09. The fraction of sp³-hybridized carbons (Fsp3) is 0.200. The first-order valence-electron chi connectivity index (χ1n) is 6.91. The van der Waals surface area contributed by atoms with Crippen LogP contribution < -0.4 is 11.0 Å². The monoisotopic (exact) mass is 343 g/mol. The molecule has 8 heteroatoms. The van der Waals surface area contributed by atoms with Crippen LogP contribution in [0.5, 0.6) is 0 Å². The van der Waals surface area contributed by atoms with Crippen molar-refractivity contribution >= 4 is 38.5 Å². The molecule has 0 saturated carbocycles. The van der Waals surface area contributed by atoms with Crippen molar-refractivity contribution in [2.45, 2.75) is 20.3 Å². The minimum atomic E-state index is -0.185. The van der Waals surface area contributed by atoms with Crippen LogP contribution in [0.4, 0.5) is 0 Å². The number of thiophene rings is 1. The molecule has 0 atom stereocenters. The lowest BCUT2D eigenvalue weighted by atomic mass is 10.3. The first-order valence-corrected chi connectivity index (χ1v) is 8.61. The van der Waals surface area contributed by atoms with E-state index in [2.05, 4.69) is 21.5 Å². The van der Waals surface area contributed by atoms with Gasteiger partial charge in [0.2, 0.25) is 0 Å². The molecule has 0 aromatic carbocycles. The van der Waals surface area contributed by atoms with E-state index in [1.165, 1.54) is 39.9 Å². The van der Waals surface area contributed by atoms with Gasteiger partial charge in [0.1, 0.15) is 27.8 Å². The van der Waals surface area contributed by atoms with Gasteiger partial charge in [-0.05, 0) is 19.4 Å². The number of nitrogens with zero attached hydrogens (tertiary/aromatic N) is 4. The molecule has 0 aliphatic rings. The van der Waals surface area contributed by atoms with E-state index in [0.717, 1.165) is 21.8 Å². The fourth-order valence-electron chi connectivity index (χ4n) is 1.99. The number of rotatable bonds is 4. The number of fused-ring (bicyclic) bond motifs is 1. The van der Waals surface area contributed by atoms with Gasteiger partial charge >= 0.3 is 0 Å². The van der Waals surface area contributed by atoms with Crippen LogP contribution in [0.2, 0.25) is 0 Å². The van der Waals surface area contributed by atoms with Crippen molar-refractivity contribution < 1.29 is 0 Å². The quantitative estimate of drug-likeness (QED) is 0.736. The van der Waals surface area contributed by atoms with Crippen molar-refractivity contribution in [1.29, 1.82) is 5.26 Å². The molecule has 116 valence electrons. The van der Waals surface area contributed by atoms with Crippen LogP contribution in [0.15, 0.2) is 28.8 Å². The molecule has 3 aromatic heterocycles. The summed E-state index contributed by atoms with van der Waals surface area (Å²) in [6.07, 6.45) is 3.77. The Morgan fingerprint density at radius 2 is 2.39 bits per heavy atom. The Bertz CT molecular complexity index is 989. The maximum Gasteiger partial charge on any atom is 0.280 e. The first kappa shape index (κ1) is 15.4. The van der Waals surface area contributed by atoms with Crippen LogP contribution >= 0.6 is 22.7 Å². The Hall–Kier alpha value is -2.50. The van der Waals surface area contributed by atoms with Gasteiger partial charge in [-0.1, -0.05) is 6.92 Å². The zero-order valence-electron chi connectivity index (χ0n) is 12.5. The van der Waals surface area contributed by atoms with Crippen LogP contribution in [-0.2, 0) is 6.42 Å². The Kier molecular flexibility index (Phi) is 4.23. The summed E-state index contributed by atoms with van der Waals surface area (Å²) in [5, 5.41) is 12.3. The highest BCUT2D eigenvalue weighted by Crippen LogP contribution is 2.21. The Morgan fingerprint density at radius 1 is 1.57 bits per heavy atom. The van der Waals surface area contributed by atoms with E-state index in [-0.39, 0.29) is 5.56 Å². The summed E-state index contributed by atoms with van der Waals surface area (Å²) in [5.74, 6) is 0. The molecule has 1 N–H and O–H groups in total. The average Bonchev–Trinajstić information content (AvgIpc) is 3.16. The summed E-state index contributed by atoms with van der Waals surface area (Å²) < 4.78 is 1.27. The summed E-state index contributed by atoms with van der Waals surface area (Å²) >= 11 is 2.91. The van der Waals surface area contributed by atoms with Crippen LogP contribution in [0.1, 0.15) is 22.5 Å². The van der Waals surface area contributed by atoms with Crippen LogP contribution in [0.3, 0.4) is 0 Å². The smallest absolute Gasteiger partial charge is 0.280 e. The second kappa shape index (κ2) is 6.32. The van der Waals surface area contributed by atoms with Gasteiger partial charge in [-0.3, -0.25) is 10.2 Å². The van der Waals surface area contributed by atoms with Crippen molar-refractivity contribution in [3.05, 3.63) is 49.9 Å². The number of hydrogen-bond acceptors (Lipinski definition) is 7. The van der Waals surface area contributed by atoms with E-state index >= 15 is 0 Å². The first-order chi connectivity index (χ1) is 11.1. The van der Waals surface area contributed by atoms with E-state index in [9.17, 15) is 10.1 Å². The molecule has 0 amide bonds. The SMILES string of the molecule is CCc1cc2c(=O)n(N/C=C(\C#N)c3nc(C)cs3)cnc2s1. The molecular weight excluding hydrogens is 330 g/mol. The summed E-state index contributed by atoms with van der Waals surface area (Å²) in [5.41, 5.74) is 3.86. The highest BCUT2D eigenvalue weighted by molar-refractivity contribution is 7.18. The standard InChI is InChI=1S/C15H13N5OS2/c1-3-11-4-12-14(23-11)17-8-20(15(12)21)18-6-10(5-16)13-19-9(2)7-22-13/h4,6-8,18H,3H2,1-2H3/b10-6+. The third-order valence-corrected chi connectivity index (χ3v) is 5.35. The Balaban J connectivity index is 1.95. The molecule has 0 saturated heterocycles. The van der Waals surface area contributed by atoms with E-state index in [1.807, 2.05) is 25.3 Å². The number of thiazole rings is 1. The number of aryl methyl sites for hydroxylation is 2. The Morgan fingerprint density at radius 3 is 3.04 bits per heavy atom. The topological polar surface area (TPSA) is 83.6 Å². The lowest BCUT2D eigenvalue weighted by Gasteiger charge is -2.04. The van der Waals surface area contributed by atoms with E-state index in [4.69, 9.17) is 0 Å².